The van der Waals surface area contributed by atoms with E-state index in [4.69, 9.17) is 22.8 Å². The van der Waals surface area contributed by atoms with Crippen molar-refractivity contribution in [2.24, 2.45) is 0 Å². The van der Waals surface area contributed by atoms with Gasteiger partial charge in [0.15, 0.2) is 5.82 Å². The summed E-state index contributed by atoms with van der Waals surface area (Å²) in [7, 11) is 0. The van der Waals surface area contributed by atoms with Crippen LogP contribution in [0.3, 0.4) is 0 Å². The molecule has 0 saturated carbocycles. The van der Waals surface area contributed by atoms with Gasteiger partial charge in [0.05, 0.1) is 29.6 Å². The van der Waals surface area contributed by atoms with Crippen molar-refractivity contribution in [1.29, 1.82) is 0 Å². The van der Waals surface area contributed by atoms with Gasteiger partial charge in [0.25, 0.3) is 0 Å². The lowest BCUT2D eigenvalue weighted by molar-refractivity contribution is -0.210. The molecule has 1 aliphatic rings. The molecule has 0 spiro atoms. The summed E-state index contributed by atoms with van der Waals surface area (Å²) < 4.78 is 77.9. The Morgan fingerprint density at radius 2 is 1.79 bits per heavy atom. The Morgan fingerprint density at radius 1 is 1.10 bits per heavy atom. The first kappa shape index (κ1) is 29.6. The molecule has 42 heavy (non-hydrogen) atoms. The van der Waals surface area contributed by atoms with Crippen molar-refractivity contribution in [3.8, 4) is 29.2 Å². The molecule has 0 amide bonds. The molecule has 2 aromatic heterocycles. The molecule has 0 bridgehead atoms. The highest BCUT2D eigenvalue weighted by atomic mass is 35.5. The van der Waals surface area contributed by atoms with Gasteiger partial charge in [-0.1, -0.05) is 17.5 Å². The number of aromatic nitrogens is 5. The van der Waals surface area contributed by atoms with Crippen molar-refractivity contribution in [1.82, 2.24) is 24.5 Å². The van der Waals surface area contributed by atoms with E-state index in [0.29, 0.717) is 0 Å². The Bertz CT molecular complexity index is 1660. The number of aryl methyl sites for hydroxylation is 1. The van der Waals surface area contributed by atoms with Gasteiger partial charge < -0.3 is 20.1 Å². The van der Waals surface area contributed by atoms with Crippen molar-refractivity contribution in [2.45, 2.75) is 43.6 Å². The largest absolute Gasteiger partial charge is 0.418 e. The van der Waals surface area contributed by atoms with Crippen LogP contribution in [0.5, 0.6) is 0 Å². The van der Waals surface area contributed by atoms with Crippen LogP contribution in [0.4, 0.5) is 22.0 Å². The highest BCUT2D eigenvalue weighted by Gasteiger charge is 2.48. The zero-order chi connectivity index (χ0) is 30.5. The highest BCUT2D eigenvalue weighted by molar-refractivity contribution is 6.30. The monoisotopic (exact) mass is 609 g/mol. The third-order valence-corrected chi connectivity index (χ3v) is 7.04. The maximum Gasteiger partial charge on any atom is 0.418 e. The Hall–Kier alpha value is -3.87. The smallest absolute Gasteiger partial charge is 0.394 e. The summed E-state index contributed by atoms with van der Waals surface area (Å²) in [6, 6.07) is 3.48. The number of benzene rings is 2. The Kier molecular flexibility index (Phi) is 7.82. The summed E-state index contributed by atoms with van der Waals surface area (Å²) in [6.45, 7) is 0.656. The lowest BCUT2D eigenvalue weighted by Gasteiger charge is -2.42. The first-order chi connectivity index (χ1) is 19.8. The van der Waals surface area contributed by atoms with Gasteiger partial charge in [-0.3, -0.25) is 4.68 Å². The zero-order valence-corrected chi connectivity index (χ0v) is 22.2. The number of aliphatic hydroxyl groups is 3. The summed E-state index contributed by atoms with van der Waals surface area (Å²) in [4.78, 5) is 4.19. The van der Waals surface area contributed by atoms with Gasteiger partial charge in [0, 0.05) is 16.8 Å². The van der Waals surface area contributed by atoms with Crippen LogP contribution in [0.25, 0.3) is 16.8 Å². The fourth-order valence-electron chi connectivity index (χ4n) is 4.87. The average Bonchev–Trinajstić information content (AvgIpc) is 3.55. The van der Waals surface area contributed by atoms with Crippen molar-refractivity contribution in [3.05, 3.63) is 82.2 Å². The molecule has 1 aliphatic heterocycles. The van der Waals surface area contributed by atoms with Crippen LogP contribution in [0, 0.1) is 30.9 Å². The number of aliphatic hydroxyl groups excluding tert-OH is 3. The molecule has 220 valence electrons. The van der Waals surface area contributed by atoms with Gasteiger partial charge >= 0.3 is 6.18 Å². The van der Waals surface area contributed by atoms with Crippen molar-refractivity contribution in [3.63, 3.8) is 0 Å². The number of halogens is 6. The molecule has 0 radical (unpaired) electrons. The zero-order valence-electron chi connectivity index (χ0n) is 21.5. The maximum atomic E-state index is 14.3. The third-order valence-electron chi connectivity index (χ3n) is 6.80. The summed E-state index contributed by atoms with van der Waals surface area (Å²) in [6.07, 6.45) is -3.36. The number of terminal acetylenes is 1. The molecule has 3 heterocycles. The maximum absolute atomic E-state index is 14.3. The second-order valence-electron chi connectivity index (χ2n) is 9.51. The first-order valence-electron chi connectivity index (χ1n) is 12.3. The molecule has 2 aromatic carbocycles. The standard InChI is InChI=1S/C27H21ClF5N5O4/c1-3-16-18(29)6-13(7-19(16)30)14-9-34-37(10-14)22-23(40)21(11-39)42-25(24(22)41)26-35-12(2)36-38(26)20-8-15(28)4-5-17(20)27(31,32)33/h1,4-10,21-25,39-41H,11H2,2H3/t21-,22+,23+,24-,25-/m1/s1. The molecule has 0 aliphatic carbocycles. The van der Waals surface area contributed by atoms with Gasteiger partial charge in [-0.15, -0.1) is 6.42 Å². The topological polar surface area (TPSA) is 118 Å². The number of rotatable bonds is 5. The van der Waals surface area contributed by atoms with Crippen molar-refractivity contribution >= 4 is 11.6 Å². The van der Waals surface area contributed by atoms with Crippen LogP contribution in [0.1, 0.15) is 34.9 Å². The highest BCUT2D eigenvalue weighted by Crippen LogP contribution is 2.41. The molecular formula is C27H21ClF5N5O4. The summed E-state index contributed by atoms with van der Waals surface area (Å²) in [5.41, 5.74) is -1.90. The number of ether oxygens (including phenoxy) is 1. The van der Waals surface area contributed by atoms with Crippen molar-refractivity contribution in [2.75, 3.05) is 6.61 Å². The lowest BCUT2D eigenvalue weighted by atomic mass is 9.92. The van der Waals surface area contributed by atoms with Gasteiger partial charge in [-0.05, 0) is 42.8 Å². The molecule has 3 N–H and O–H groups in total. The number of alkyl halides is 3. The van der Waals surface area contributed by atoms with Crippen LogP contribution >= 0.6 is 11.6 Å². The van der Waals surface area contributed by atoms with E-state index in [1.807, 2.05) is 5.92 Å². The molecule has 1 fully saturated rings. The number of hydrogen-bond acceptors (Lipinski definition) is 7. The van der Waals surface area contributed by atoms with Crippen LogP contribution in [0.15, 0.2) is 42.7 Å². The number of hydrogen-bond donors (Lipinski definition) is 3. The van der Waals surface area contributed by atoms with Crippen molar-refractivity contribution < 1.29 is 42.0 Å². The lowest BCUT2D eigenvalue weighted by Crippen LogP contribution is -2.53. The van der Waals surface area contributed by atoms with E-state index in [-0.39, 0.29) is 27.8 Å². The number of nitrogens with zero attached hydrogens (tertiary/aromatic N) is 5. The van der Waals surface area contributed by atoms with E-state index < -0.39 is 71.7 Å². The molecule has 1 saturated heterocycles. The molecule has 0 unspecified atom stereocenters. The van der Waals surface area contributed by atoms with Gasteiger partial charge in [-0.2, -0.15) is 23.4 Å². The fourth-order valence-corrected chi connectivity index (χ4v) is 5.03. The Labute approximate surface area is 239 Å². The molecule has 15 heteroatoms. The fraction of sp³-hybridized carbons (Fsp3) is 0.296. The average molecular weight is 610 g/mol. The quantitative estimate of drug-likeness (QED) is 0.233. The second kappa shape index (κ2) is 11.1. The molecule has 4 aromatic rings. The summed E-state index contributed by atoms with van der Waals surface area (Å²) in [5.74, 6) is -0.301. The summed E-state index contributed by atoms with van der Waals surface area (Å²) >= 11 is 6.00. The SMILES string of the molecule is C#Cc1c(F)cc(-c2cnn([C@H]3[C@@H](O)[C@@H](CO)O[C@@H](c4nc(C)nn4-c4cc(Cl)ccc4C(F)(F)F)[C@@H]3O)c2)cc1F. The van der Waals surface area contributed by atoms with E-state index in [1.165, 1.54) is 19.3 Å². The minimum atomic E-state index is -4.81. The predicted molar refractivity (Wildman–Crippen MR) is 137 cm³/mol. The van der Waals surface area contributed by atoms with E-state index in [1.54, 1.807) is 0 Å². The van der Waals surface area contributed by atoms with Crippen LogP contribution < -0.4 is 0 Å². The normalized spacial score (nSPS) is 22.7. The van der Waals surface area contributed by atoms with Crippen LogP contribution in [0.2, 0.25) is 5.02 Å². The minimum Gasteiger partial charge on any atom is -0.394 e. The van der Waals surface area contributed by atoms with Crippen LogP contribution in [-0.4, -0.2) is 64.8 Å². The molecule has 5 atom stereocenters. The second-order valence-corrected chi connectivity index (χ2v) is 9.94. The Morgan fingerprint density at radius 3 is 2.40 bits per heavy atom. The van der Waals surface area contributed by atoms with E-state index in [9.17, 15) is 37.3 Å². The third kappa shape index (κ3) is 5.25. The van der Waals surface area contributed by atoms with E-state index >= 15 is 0 Å². The minimum absolute atomic E-state index is 0.0259. The van der Waals surface area contributed by atoms with Gasteiger partial charge in [-0.25, -0.2) is 18.4 Å². The van der Waals surface area contributed by atoms with Gasteiger partial charge in [0.1, 0.15) is 47.9 Å². The Balaban J connectivity index is 1.58. The van der Waals surface area contributed by atoms with E-state index in [2.05, 4.69) is 15.2 Å². The molecule has 9 nitrogen and oxygen atoms in total. The van der Waals surface area contributed by atoms with Crippen LogP contribution in [-0.2, 0) is 10.9 Å². The predicted octanol–water partition coefficient (Wildman–Crippen LogP) is 3.77. The summed E-state index contributed by atoms with van der Waals surface area (Å²) in [5, 5.41) is 40.5. The first-order valence-corrected chi connectivity index (χ1v) is 12.6. The molecular weight excluding hydrogens is 589 g/mol. The molecule has 5 rings (SSSR count). The van der Waals surface area contributed by atoms with E-state index in [0.717, 1.165) is 39.7 Å². The van der Waals surface area contributed by atoms with Gasteiger partial charge in [0.2, 0.25) is 0 Å².